The Morgan fingerprint density at radius 2 is 1.91 bits per heavy atom. The Bertz CT molecular complexity index is 559. The summed E-state index contributed by atoms with van der Waals surface area (Å²) in [5.74, 6) is -0.231. The molecular formula is C17H23N3O3. The van der Waals surface area contributed by atoms with Gasteiger partial charge in [0.1, 0.15) is 5.60 Å². The molecule has 0 bridgehead atoms. The van der Waals surface area contributed by atoms with E-state index in [1.54, 1.807) is 20.8 Å². The molecule has 0 aliphatic heterocycles. The highest BCUT2D eigenvalue weighted by Gasteiger charge is 2.17. The van der Waals surface area contributed by atoms with Gasteiger partial charge in [-0.2, -0.15) is 5.26 Å². The van der Waals surface area contributed by atoms with Crippen LogP contribution < -0.4 is 10.6 Å². The number of nitrogens with one attached hydrogen (secondary N) is 2. The van der Waals surface area contributed by atoms with E-state index in [9.17, 15) is 9.59 Å². The second kappa shape index (κ2) is 8.79. The standard InChI is InChI=1S/C17H23N3O3/c1-17(2,3)23-16(22)19-12-10-15(21)20-14(9-11-18)13-7-5-4-6-8-13/h4-8,14H,9-10,12H2,1-3H3,(H,19,22)(H,20,21)/t14-/m0/s1. The fraction of sp³-hybridized carbons (Fsp3) is 0.471. The molecule has 0 unspecified atom stereocenters. The number of nitriles is 1. The lowest BCUT2D eigenvalue weighted by molar-refractivity contribution is -0.121. The maximum atomic E-state index is 12.0. The Labute approximate surface area is 136 Å². The molecule has 0 aliphatic rings. The van der Waals surface area contributed by atoms with Gasteiger partial charge in [0.05, 0.1) is 18.5 Å². The van der Waals surface area contributed by atoms with Crippen LogP contribution in [0.4, 0.5) is 4.79 Å². The van der Waals surface area contributed by atoms with Crippen LogP contribution in [-0.2, 0) is 9.53 Å². The molecule has 0 aromatic heterocycles. The largest absolute Gasteiger partial charge is 0.444 e. The van der Waals surface area contributed by atoms with Crippen LogP contribution in [0.15, 0.2) is 30.3 Å². The second-order valence-electron chi connectivity index (χ2n) is 6.07. The minimum absolute atomic E-state index is 0.119. The molecule has 1 atom stereocenters. The maximum absolute atomic E-state index is 12.0. The van der Waals surface area contributed by atoms with Gasteiger partial charge in [-0.05, 0) is 26.3 Å². The van der Waals surface area contributed by atoms with E-state index in [1.807, 2.05) is 30.3 Å². The van der Waals surface area contributed by atoms with E-state index in [2.05, 4.69) is 16.7 Å². The van der Waals surface area contributed by atoms with Gasteiger partial charge in [0.15, 0.2) is 0 Å². The number of alkyl carbamates (subject to hydrolysis) is 1. The smallest absolute Gasteiger partial charge is 0.407 e. The third-order valence-electron chi connectivity index (χ3n) is 2.85. The molecule has 1 aromatic carbocycles. The van der Waals surface area contributed by atoms with Gasteiger partial charge in [-0.25, -0.2) is 4.79 Å². The number of ether oxygens (including phenoxy) is 1. The molecule has 0 heterocycles. The minimum Gasteiger partial charge on any atom is -0.444 e. The second-order valence-corrected chi connectivity index (χ2v) is 6.07. The van der Waals surface area contributed by atoms with Gasteiger partial charge in [0.25, 0.3) is 0 Å². The summed E-state index contributed by atoms with van der Waals surface area (Å²) in [6.07, 6.45) is -0.245. The van der Waals surface area contributed by atoms with E-state index in [0.717, 1.165) is 5.56 Å². The van der Waals surface area contributed by atoms with Gasteiger partial charge in [-0.3, -0.25) is 4.79 Å². The normalized spacial score (nSPS) is 11.9. The van der Waals surface area contributed by atoms with Gasteiger partial charge in [-0.15, -0.1) is 0 Å². The highest BCUT2D eigenvalue weighted by atomic mass is 16.6. The molecule has 0 saturated carbocycles. The Morgan fingerprint density at radius 3 is 2.48 bits per heavy atom. The SMILES string of the molecule is CC(C)(C)OC(=O)NCCC(=O)N[C@@H](CC#N)c1ccccc1. The fourth-order valence-corrected chi connectivity index (χ4v) is 1.89. The molecule has 23 heavy (non-hydrogen) atoms. The van der Waals surface area contributed by atoms with Crippen molar-refractivity contribution in [2.75, 3.05) is 6.54 Å². The Balaban J connectivity index is 2.42. The molecule has 6 heteroatoms. The molecule has 124 valence electrons. The molecule has 6 nitrogen and oxygen atoms in total. The molecule has 2 amide bonds. The summed E-state index contributed by atoms with van der Waals surface area (Å²) >= 11 is 0. The van der Waals surface area contributed by atoms with Crippen LogP contribution in [0.3, 0.4) is 0 Å². The third-order valence-corrected chi connectivity index (χ3v) is 2.85. The predicted molar refractivity (Wildman–Crippen MR) is 86.4 cm³/mol. The number of rotatable bonds is 6. The molecule has 0 fully saturated rings. The van der Waals surface area contributed by atoms with Gasteiger partial charge in [-0.1, -0.05) is 30.3 Å². The molecule has 1 rings (SSSR count). The van der Waals surface area contributed by atoms with Crippen molar-refractivity contribution in [3.8, 4) is 6.07 Å². The number of carbonyl (C=O) groups is 2. The van der Waals surface area contributed by atoms with Crippen molar-refractivity contribution >= 4 is 12.0 Å². The van der Waals surface area contributed by atoms with Crippen molar-refractivity contribution in [3.63, 3.8) is 0 Å². The first kappa shape index (κ1) is 18.5. The van der Waals surface area contributed by atoms with Gasteiger partial charge in [0, 0.05) is 13.0 Å². The average molecular weight is 317 g/mol. The van der Waals surface area contributed by atoms with Crippen LogP contribution in [0.25, 0.3) is 0 Å². The molecule has 0 radical (unpaired) electrons. The van der Waals surface area contributed by atoms with E-state index < -0.39 is 11.7 Å². The Kier molecular flexibility index (Phi) is 7.07. The number of benzene rings is 1. The zero-order valence-electron chi connectivity index (χ0n) is 13.8. The fourth-order valence-electron chi connectivity index (χ4n) is 1.89. The van der Waals surface area contributed by atoms with Gasteiger partial charge < -0.3 is 15.4 Å². The zero-order valence-corrected chi connectivity index (χ0v) is 13.8. The van der Waals surface area contributed by atoms with Crippen molar-refractivity contribution in [3.05, 3.63) is 35.9 Å². The summed E-state index contributed by atoms with van der Waals surface area (Å²) in [7, 11) is 0. The maximum Gasteiger partial charge on any atom is 0.407 e. The number of hydrogen-bond acceptors (Lipinski definition) is 4. The van der Waals surface area contributed by atoms with Crippen LogP contribution in [0.2, 0.25) is 0 Å². The van der Waals surface area contributed by atoms with E-state index in [-0.39, 0.29) is 31.3 Å². The summed E-state index contributed by atoms with van der Waals surface area (Å²) in [6.45, 7) is 5.48. The third kappa shape index (κ3) is 7.86. The van der Waals surface area contributed by atoms with Crippen LogP contribution in [0, 0.1) is 11.3 Å². The summed E-state index contributed by atoms with van der Waals surface area (Å²) < 4.78 is 5.08. The van der Waals surface area contributed by atoms with Crippen LogP contribution in [0.5, 0.6) is 0 Å². The molecule has 2 N–H and O–H groups in total. The highest BCUT2D eigenvalue weighted by molar-refractivity contribution is 5.77. The molecule has 0 spiro atoms. The number of amides is 2. The zero-order chi connectivity index (χ0) is 17.3. The van der Waals surface area contributed by atoms with E-state index in [0.29, 0.717) is 0 Å². The summed E-state index contributed by atoms with van der Waals surface area (Å²) in [4.78, 5) is 23.4. The molecule has 1 aromatic rings. The summed E-state index contributed by atoms with van der Waals surface area (Å²) in [6, 6.07) is 11.0. The van der Waals surface area contributed by atoms with Crippen LogP contribution in [0.1, 0.15) is 45.2 Å². The van der Waals surface area contributed by atoms with Crippen molar-refractivity contribution < 1.29 is 14.3 Å². The van der Waals surface area contributed by atoms with Crippen LogP contribution >= 0.6 is 0 Å². The number of nitrogens with zero attached hydrogens (tertiary/aromatic N) is 1. The average Bonchev–Trinajstić information content (AvgIpc) is 2.46. The predicted octanol–water partition coefficient (Wildman–Crippen LogP) is 2.67. The lowest BCUT2D eigenvalue weighted by atomic mass is 10.0. The lowest BCUT2D eigenvalue weighted by Gasteiger charge is -2.20. The molecule has 0 aliphatic carbocycles. The molecule has 0 saturated heterocycles. The summed E-state index contributed by atoms with van der Waals surface area (Å²) in [5.41, 5.74) is 0.305. The van der Waals surface area contributed by atoms with Crippen LogP contribution in [-0.4, -0.2) is 24.1 Å². The van der Waals surface area contributed by atoms with Crippen molar-refractivity contribution in [2.45, 2.75) is 45.3 Å². The molecular weight excluding hydrogens is 294 g/mol. The summed E-state index contributed by atoms with van der Waals surface area (Å²) in [5, 5.41) is 14.2. The monoisotopic (exact) mass is 317 g/mol. The van der Waals surface area contributed by atoms with E-state index >= 15 is 0 Å². The minimum atomic E-state index is -0.572. The van der Waals surface area contributed by atoms with Crippen molar-refractivity contribution in [1.29, 1.82) is 5.26 Å². The van der Waals surface area contributed by atoms with Gasteiger partial charge in [0.2, 0.25) is 5.91 Å². The Hall–Kier alpha value is -2.55. The number of hydrogen-bond donors (Lipinski definition) is 2. The first-order chi connectivity index (χ1) is 10.8. The quantitative estimate of drug-likeness (QED) is 0.844. The highest BCUT2D eigenvalue weighted by Crippen LogP contribution is 2.15. The topological polar surface area (TPSA) is 91.2 Å². The first-order valence-electron chi connectivity index (χ1n) is 7.50. The Morgan fingerprint density at radius 1 is 1.26 bits per heavy atom. The van der Waals surface area contributed by atoms with Gasteiger partial charge >= 0.3 is 6.09 Å². The first-order valence-corrected chi connectivity index (χ1v) is 7.50. The van der Waals surface area contributed by atoms with Crippen molar-refractivity contribution in [2.24, 2.45) is 0 Å². The van der Waals surface area contributed by atoms with E-state index in [4.69, 9.17) is 10.00 Å². The lowest BCUT2D eigenvalue weighted by Crippen LogP contribution is -2.36. The van der Waals surface area contributed by atoms with E-state index in [1.165, 1.54) is 0 Å². The number of carbonyl (C=O) groups excluding carboxylic acids is 2. The van der Waals surface area contributed by atoms with Crippen molar-refractivity contribution in [1.82, 2.24) is 10.6 Å².